The monoisotopic (exact) mass is 313 g/mol. The van der Waals surface area contributed by atoms with Gasteiger partial charge < -0.3 is 16.0 Å². The lowest BCUT2D eigenvalue weighted by Crippen LogP contribution is -2.23. The van der Waals surface area contributed by atoms with Gasteiger partial charge in [0.1, 0.15) is 0 Å². The van der Waals surface area contributed by atoms with Crippen molar-refractivity contribution in [3.8, 4) is 11.1 Å². The zero-order valence-electron chi connectivity index (χ0n) is 12.1. The molecule has 1 heterocycles. The summed E-state index contributed by atoms with van der Waals surface area (Å²) < 4.78 is 1.59. The van der Waals surface area contributed by atoms with E-state index in [0.29, 0.717) is 16.1 Å². The van der Waals surface area contributed by atoms with Crippen LogP contribution in [-0.2, 0) is 13.6 Å². The summed E-state index contributed by atoms with van der Waals surface area (Å²) in [5.74, 6) is 0. The number of fused-ring (bicyclic) bond motifs is 1. The average Bonchev–Trinajstić information content (AvgIpc) is 2.50. The highest BCUT2D eigenvalue weighted by atomic mass is 35.5. The normalized spacial score (nSPS) is 11.0. The van der Waals surface area contributed by atoms with Gasteiger partial charge in [0.25, 0.3) is 5.56 Å². The van der Waals surface area contributed by atoms with Crippen LogP contribution in [0.2, 0.25) is 5.02 Å². The molecule has 1 aromatic heterocycles. The molecule has 0 aliphatic heterocycles. The molecular weight excluding hydrogens is 298 g/mol. The summed E-state index contributed by atoms with van der Waals surface area (Å²) in [6.45, 7) is 0.248. The van der Waals surface area contributed by atoms with Crippen molar-refractivity contribution in [1.82, 2.24) is 4.57 Å². The van der Waals surface area contributed by atoms with E-state index in [9.17, 15) is 4.79 Å². The highest BCUT2D eigenvalue weighted by Crippen LogP contribution is 2.32. The highest BCUT2D eigenvalue weighted by molar-refractivity contribution is 6.31. The number of halogens is 1. The smallest absolute Gasteiger partial charge is 0.258 e. The number of nitrogens with two attached hydrogens (primary N) is 2. The second-order valence-corrected chi connectivity index (χ2v) is 5.64. The molecule has 0 aliphatic rings. The summed E-state index contributed by atoms with van der Waals surface area (Å²) in [6, 6.07) is 12.8. The van der Waals surface area contributed by atoms with Crippen LogP contribution in [0.4, 0.5) is 5.69 Å². The van der Waals surface area contributed by atoms with Crippen molar-refractivity contribution < 1.29 is 0 Å². The second-order valence-electron chi connectivity index (χ2n) is 5.21. The summed E-state index contributed by atoms with van der Waals surface area (Å²) >= 11 is 6.13. The van der Waals surface area contributed by atoms with Crippen molar-refractivity contribution in [2.75, 3.05) is 5.73 Å². The first-order chi connectivity index (χ1) is 10.5. The molecular formula is C17H16ClN3O. The number of pyridine rings is 1. The number of nitrogens with zero attached hydrogens (tertiary/aromatic N) is 1. The molecule has 0 amide bonds. The summed E-state index contributed by atoms with van der Waals surface area (Å²) in [5.41, 5.74) is 15.0. The van der Waals surface area contributed by atoms with E-state index in [1.54, 1.807) is 29.8 Å². The molecule has 0 radical (unpaired) electrons. The van der Waals surface area contributed by atoms with Crippen molar-refractivity contribution in [2.45, 2.75) is 6.54 Å². The van der Waals surface area contributed by atoms with Crippen LogP contribution in [0.1, 0.15) is 5.69 Å². The topological polar surface area (TPSA) is 74.0 Å². The first-order valence-corrected chi connectivity index (χ1v) is 7.28. The lowest BCUT2D eigenvalue weighted by molar-refractivity contribution is 0.785. The number of hydrogen-bond acceptors (Lipinski definition) is 3. The van der Waals surface area contributed by atoms with Crippen LogP contribution in [0.5, 0.6) is 0 Å². The van der Waals surface area contributed by atoms with E-state index >= 15 is 0 Å². The minimum absolute atomic E-state index is 0.0835. The minimum Gasteiger partial charge on any atom is -0.399 e. The first-order valence-electron chi connectivity index (χ1n) is 6.90. The van der Waals surface area contributed by atoms with Crippen molar-refractivity contribution >= 4 is 28.1 Å². The summed E-state index contributed by atoms with van der Waals surface area (Å²) in [6.07, 6.45) is 0. The molecule has 3 rings (SSSR count). The molecule has 5 heteroatoms. The third-order valence-corrected chi connectivity index (χ3v) is 4.08. The van der Waals surface area contributed by atoms with Gasteiger partial charge in [-0.15, -0.1) is 0 Å². The Morgan fingerprint density at radius 3 is 2.59 bits per heavy atom. The van der Waals surface area contributed by atoms with E-state index in [2.05, 4.69) is 0 Å². The van der Waals surface area contributed by atoms with E-state index in [-0.39, 0.29) is 12.1 Å². The Kier molecular flexibility index (Phi) is 3.64. The third kappa shape index (κ3) is 2.26. The number of benzene rings is 2. The Morgan fingerprint density at radius 1 is 1.14 bits per heavy atom. The van der Waals surface area contributed by atoms with Gasteiger partial charge in [-0.25, -0.2) is 0 Å². The SMILES string of the molecule is Cn1c(CN)c(-c2cccc(N)c2)c2cc(Cl)ccc2c1=O. The zero-order valence-corrected chi connectivity index (χ0v) is 12.9. The number of anilines is 1. The molecule has 0 spiro atoms. The quantitative estimate of drug-likeness (QED) is 0.714. The maximum absolute atomic E-state index is 12.5. The maximum atomic E-state index is 12.5. The minimum atomic E-state index is -0.0835. The zero-order chi connectivity index (χ0) is 15.9. The molecule has 112 valence electrons. The molecule has 4 N–H and O–H groups in total. The maximum Gasteiger partial charge on any atom is 0.258 e. The molecule has 0 aliphatic carbocycles. The van der Waals surface area contributed by atoms with Gasteiger partial charge in [-0.1, -0.05) is 23.7 Å². The van der Waals surface area contributed by atoms with Crippen LogP contribution in [0.15, 0.2) is 47.3 Å². The largest absolute Gasteiger partial charge is 0.399 e. The van der Waals surface area contributed by atoms with Crippen LogP contribution in [0.3, 0.4) is 0 Å². The van der Waals surface area contributed by atoms with Crippen LogP contribution in [0, 0.1) is 0 Å². The molecule has 0 bridgehead atoms. The van der Waals surface area contributed by atoms with E-state index in [4.69, 9.17) is 23.1 Å². The van der Waals surface area contributed by atoms with Crippen molar-refractivity contribution in [3.63, 3.8) is 0 Å². The number of aromatic nitrogens is 1. The fraction of sp³-hybridized carbons (Fsp3) is 0.118. The summed E-state index contributed by atoms with van der Waals surface area (Å²) in [7, 11) is 1.73. The molecule has 0 saturated carbocycles. The summed E-state index contributed by atoms with van der Waals surface area (Å²) in [5, 5.41) is 1.98. The Balaban J connectivity index is 2.53. The first kappa shape index (κ1) is 14.6. The van der Waals surface area contributed by atoms with Gasteiger partial charge in [-0.3, -0.25) is 4.79 Å². The Morgan fingerprint density at radius 2 is 1.91 bits per heavy atom. The van der Waals surface area contributed by atoms with Gasteiger partial charge in [0.15, 0.2) is 0 Å². The molecule has 2 aromatic carbocycles. The van der Waals surface area contributed by atoms with E-state index < -0.39 is 0 Å². The van der Waals surface area contributed by atoms with E-state index in [0.717, 1.165) is 22.2 Å². The molecule has 3 aromatic rings. The number of hydrogen-bond donors (Lipinski definition) is 2. The van der Waals surface area contributed by atoms with Gasteiger partial charge in [-0.2, -0.15) is 0 Å². The molecule has 0 fully saturated rings. The predicted octanol–water partition coefficient (Wildman–Crippen LogP) is 2.90. The van der Waals surface area contributed by atoms with Crippen molar-refractivity contribution in [1.29, 1.82) is 0 Å². The van der Waals surface area contributed by atoms with Gasteiger partial charge in [-0.05, 0) is 41.3 Å². The van der Waals surface area contributed by atoms with Crippen molar-refractivity contribution in [3.05, 3.63) is 63.5 Å². The fourth-order valence-corrected chi connectivity index (χ4v) is 2.96. The fourth-order valence-electron chi connectivity index (χ4n) is 2.79. The van der Waals surface area contributed by atoms with Crippen LogP contribution in [0.25, 0.3) is 21.9 Å². The Labute approximate surface area is 132 Å². The molecule has 0 saturated heterocycles. The molecule has 0 unspecified atom stereocenters. The van der Waals surface area contributed by atoms with Crippen LogP contribution >= 0.6 is 11.6 Å². The highest BCUT2D eigenvalue weighted by Gasteiger charge is 2.15. The third-order valence-electron chi connectivity index (χ3n) is 3.85. The second kappa shape index (κ2) is 5.48. The van der Waals surface area contributed by atoms with Crippen molar-refractivity contribution in [2.24, 2.45) is 12.8 Å². The molecule has 0 atom stereocenters. The van der Waals surface area contributed by atoms with E-state index in [1.165, 1.54) is 0 Å². The summed E-state index contributed by atoms with van der Waals surface area (Å²) in [4.78, 5) is 12.5. The lowest BCUT2D eigenvalue weighted by Gasteiger charge is -2.17. The Hall–Kier alpha value is -2.30. The van der Waals surface area contributed by atoms with E-state index in [1.807, 2.05) is 24.3 Å². The van der Waals surface area contributed by atoms with Gasteiger partial charge in [0.05, 0.1) is 0 Å². The number of nitrogen functional groups attached to an aromatic ring is 1. The average molecular weight is 314 g/mol. The van der Waals surface area contributed by atoms with Crippen LogP contribution < -0.4 is 17.0 Å². The molecule has 22 heavy (non-hydrogen) atoms. The molecule has 4 nitrogen and oxygen atoms in total. The van der Waals surface area contributed by atoms with Gasteiger partial charge >= 0.3 is 0 Å². The van der Waals surface area contributed by atoms with Crippen LogP contribution in [-0.4, -0.2) is 4.57 Å². The Bertz CT molecular complexity index is 931. The standard InChI is InChI=1S/C17H16ClN3O/c1-21-15(9-19)16(10-3-2-4-12(20)7-10)14-8-11(18)5-6-13(14)17(21)22/h2-8H,9,19-20H2,1H3. The lowest BCUT2D eigenvalue weighted by atomic mass is 9.96. The van der Waals surface area contributed by atoms with Gasteiger partial charge in [0, 0.05) is 40.9 Å². The van der Waals surface area contributed by atoms with Gasteiger partial charge in [0.2, 0.25) is 0 Å². The number of rotatable bonds is 2. The predicted molar refractivity (Wildman–Crippen MR) is 91.9 cm³/mol.